The third kappa shape index (κ3) is 1.71. The highest BCUT2D eigenvalue weighted by molar-refractivity contribution is 5.88. The zero-order valence-corrected chi connectivity index (χ0v) is 8.88. The maximum absolute atomic E-state index is 11.6. The molecule has 0 radical (unpaired) electrons. The minimum absolute atomic E-state index is 0.223. The van der Waals surface area contributed by atoms with Gasteiger partial charge < -0.3 is 10.3 Å². The smallest absolute Gasteiger partial charge is 0.335 e. The molecule has 2 rings (SSSR count). The molecule has 1 aliphatic rings. The summed E-state index contributed by atoms with van der Waals surface area (Å²) in [4.78, 5) is 11.5. The number of anilines is 1. The predicted molar refractivity (Wildman–Crippen MR) is 59.7 cm³/mol. The molecule has 1 N–H and O–H groups in total. The van der Waals surface area contributed by atoms with Crippen LogP contribution in [0.15, 0.2) is 24.3 Å². The lowest BCUT2D eigenvalue weighted by Gasteiger charge is -2.16. The maximum Gasteiger partial charge on any atom is 0.335 e. The number of carbonyl (C=O) groups is 1. The lowest BCUT2D eigenvalue weighted by atomic mass is 10.2. The molecule has 84 valence electrons. The van der Waals surface area contributed by atoms with Crippen molar-refractivity contribution in [1.29, 1.82) is 0 Å². The van der Waals surface area contributed by atoms with E-state index >= 15 is 0 Å². The molecule has 1 heterocycles. The monoisotopic (exact) mass is 220 g/mol. The van der Waals surface area contributed by atoms with E-state index < -0.39 is 5.97 Å². The first-order valence-corrected chi connectivity index (χ1v) is 5.00. The third-order valence-electron chi connectivity index (χ3n) is 2.64. The van der Waals surface area contributed by atoms with E-state index in [0.29, 0.717) is 6.54 Å². The Labute approximate surface area is 92.8 Å². The fourth-order valence-electron chi connectivity index (χ4n) is 1.67. The Morgan fingerprint density at radius 1 is 1.44 bits per heavy atom. The first kappa shape index (κ1) is 10.5. The molecule has 0 unspecified atom stereocenters. The molecule has 0 aliphatic carbocycles. The zero-order valence-electron chi connectivity index (χ0n) is 8.88. The second-order valence-electron chi connectivity index (χ2n) is 3.73. The van der Waals surface area contributed by atoms with Gasteiger partial charge in [-0.25, -0.2) is 4.79 Å². The van der Waals surface area contributed by atoms with E-state index in [9.17, 15) is 10.0 Å². The molecule has 0 fully saturated rings. The van der Waals surface area contributed by atoms with Crippen LogP contribution in [0, 0.1) is 5.21 Å². The fraction of sp³-hybridized carbons (Fsp3) is 0.273. The minimum Gasteiger partial charge on any atom is -0.596 e. The molecule has 0 spiro atoms. The van der Waals surface area contributed by atoms with Crippen molar-refractivity contribution in [2.75, 3.05) is 11.6 Å². The normalized spacial score (nSPS) is 15.7. The lowest BCUT2D eigenvalue weighted by molar-refractivity contribution is -0.464. The Morgan fingerprint density at radius 3 is 2.50 bits per heavy atom. The SMILES string of the molecule is CC1=[N+]([O-])N(c2ccc(C(=O)O)cc2)CC1. The van der Waals surface area contributed by atoms with E-state index in [-0.39, 0.29) is 5.56 Å². The summed E-state index contributed by atoms with van der Waals surface area (Å²) < 4.78 is 0. The van der Waals surface area contributed by atoms with E-state index in [1.807, 2.05) is 0 Å². The molecule has 1 aliphatic heterocycles. The summed E-state index contributed by atoms with van der Waals surface area (Å²) in [5.74, 6) is -0.963. The standard InChI is InChI=1S/C11H12N2O3/c1-8-6-7-12(13(8)16)10-4-2-9(3-5-10)11(14)15/h2-5H,6-7H2,1H3,(H,14,15). The molecule has 0 amide bonds. The Kier molecular flexibility index (Phi) is 2.52. The van der Waals surface area contributed by atoms with Crippen molar-refractivity contribution in [2.24, 2.45) is 0 Å². The molecule has 0 saturated heterocycles. The van der Waals surface area contributed by atoms with Gasteiger partial charge >= 0.3 is 5.97 Å². The molecule has 16 heavy (non-hydrogen) atoms. The van der Waals surface area contributed by atoms with E-state index in [2.05, 4.69) is 0 Å². The molecule has 0 aromatic heterocycles. The Hall–Kier alpha value is -2.04. The van der Waals surface area contributed by atoms with Gasteiger partial charge in [-0.05, 0) is 24.3 Å². The lowest BCUT2D eigenvalue weighted by Crippen LogP contribution is -2.27. The number of carboxylic acids is 1. The van der Waals surface area contributed by atoms with Crippen LogP contribution in [0.5, 0.6) is 0 Å². The Morgan fingerprint density at radius 2 is 2.06 bits per heavy atom. The second-order valence-corrected chi connectivity index (χ2v) is 3.73. The van der Waals surface area contributed by atoms with Crippen LogP contribution >= 0.6 is 0 Å². The van der Waals surface area contributed by atoms with Crippen molar-refractivity contribution >= 4 is 17.4 Å². The number of nitrogens with zero attached hydrogens (tertiary/aromatic N) is 2. The predicted octanol–water partition coefficient (Wildman–Crippen LogP) is 1.48. The Balaban J connectivity index is 2.26. The zero-order chi connectivity index (χ0) is 11.7. The number of rotatable bonds is 2. The maximum atomic E-state index is 11.6. The summed E-state index contributed by atoms with van der Waals surface area (Å²) in [6.07, 6.45) is 0.740. The van der Waals surface area contributed by atoms with Crippen LogP contribution in [0.1, 0.15) is 23.7 Å². The summed E-state index contributed by atoms with van der Waals surface area (Å²) in [7, 11) is 0. The van der Waals surface area contributed by atoms with Crippen molar-refractivity contribution in [1.82, 2.24) is 0 Å². The summed E-state index contributed by atoms with van der Waals surface area (Å²) in [6.45, 7) is 2.43. The molecule has 5 heteroatoms. The Bertz CT molecular complexity index is 451. The number of aromatic carboxylic acids is 1. The average Bonchev–Trinajstić information content (AvgIpc) is 2.60. The highest BCUT2D eigenvalue weighted by atomic mass is 16.5. The topological polar surface area (TPSA) is 66.6 Å². The van der Waals surface area contributed by atoms with Crippen LogP contribution in [-0.4, -0.2) is 28.2 Å². The van der Waals surface area contributed by atoms with Gasteiger partial charge in [0, 0.05) is 6.92 Å². The summed E-state index contributed by atoms with van der Waals surface area (Å²) in [5.41, 5.74) is 1.71. The van der Waals surface area contributed by atoms with Crippen molar-refractivity contribution in [3.8, 4) is 0 Å². The number of carboxylic acid groups (broad SMARTS) is 1. The van der Waals surface area contributed by atoms with Crippen molar-refractivity contribution < 1.29 is 14.7 Å². The van der Waals surface area contributed by atoms with Crippen LogP contribution in [0.4, 0.5) is 5.69 Å². The molecule has 0 saturated carbocycles. The molecule has 0 bridgehead atoms. The van der Waals surface area contributed by atoms with E-state index in [4.69, 9.17) is 5.11 Å². The van der Waals surface area contributed by atoms with Crippen molar-refractivity contribution in [2.45, 2.75) is 13.3 Å². The van der Waals surface area contributed by atoms with Gasteiger partial charge in [0.2, 0.25) is 0 Å². The number of hydrogen-bond donors (Lipinski definition) is 1. The van der Waals surface area contributed by atoms with Crippen LogP contribution < -0.4 is 5.01 Å². The van der Waals surface area contributed by atoms with Gasteiger partial charge in [0.05, 0.1) is 18.5 Å². The molecular weight excluding hydrogens is 208 g/mol. The van der Waals surface area contributed by atoms with Crippen molar-refractivity contribution in [3.05, 3.63) is 35.0 Å². The summed E-state index contributed by atoms with van der Waals surface area (Å²) in [6, 6.07) is 6.29. The summed E-state index contributed by atoms with van der Waals surface area (Å²) >= 11 is 0. The van der Waals surface area contributed by atoms with E-state index in [0.717, 1.165) is 22.7 Å². The average molecular weight is 220 g/mol. The van der Waals surface area contributed by atoms with Crippen LogP contribution in [0.2, 0.25) is 0 Å². The van der Waals surface area contributed by atoms with Gasteiger partial charge in [-0.1, -0.05) is 4.85 Å². The highest BCUT2D eigenvalue weighted by Crippen LogP contribution is 2.19. The number of hydrazone groups is 1. The fourth-order valence-corrected chi connectivity index (χ4v) is 1.67. The minimum atomic E-state index is -0.963. The first-order chi connectivity index (χ1) is 7.59. The molecule has 1 aromatic rings. The van der Waals surface area contributed by atoms with Crippen LogP contribution in [0.25, 0.3) is 0 Å². The summed E-state index contributed by atoms with van der Waals surface area (Å²) in [5, 5.41) is 21.9. The van der Waals surface area contributed by atoms with Gasteiger partial charge in [-0.3, -0.25) is 0 Å². The van der Waals surface area contributed by atoms with Gasteiger partial charge in [0.1, 0.15) is 5.69 Å². The molecular formula is C11H12N2O3. The van der Waals surface area contributed by atoms with Gasteiger partial charge in [-0.2, -0.15) is 0 Å². The number of benzene rings is 1. The quantitative estimate of drug-likeness (QED) is 0.605. The van der Waals surface area contributed by atoms with Crippen molar-refractivity contribution in [3.63, 3.8) is 0 Å². The van der Waals surface area contributed by atoms with Gasteiger partial charge in [-0.15, -0.1) is 5.01 Å². The molecule has 1 aromatic carbocycles. The number of hydrazine groups is 1. The van der Waals surface area contributed by atoms with Crippen LogP contribution in [-0.2, 0) is 0 Å². The van der Waals surface area contributed by atoms with E-state index in [1.165, 1.54) is 12.1 Å². The van der Waals surface area contributed by atoms with Crippen LogP contribution in [0.3, 0.4) is 0 Å². The number of hydrogen-bond acceptors (Lipinski definition) is 3. The highest BCUT2D eigenvalue weighted by Gasteiger charge is 2.24. The van der Waals surface area contributed by atoms with Gasteiger partial charge in [0.15, 0.2) is 5.71 Å². The second kappa shape index (κ2) is 3.84. The largest absolute Gasteiger partial charge is 0.596 e. The molecule has 0 atom stereocenters. The first-order valence-electron chi connectivity index (χ1n) is 5.00. The third-order valence-corrected chi connectivity index (χ3v) is 2.64. The van der Waals surface area contributed by atoms with E-state index in [1.54, 1.807) is 24.1 Å². The molecule has 5 nitrogen and oxygen atoms in total. The van der Waals surface area contributed by atoms with Gasteiger partial charge in [0.25, 0.3) is 0 Å².